The molecule has 6 nitrogen and oxygen atoms in total. The van der Waals surface area contributed by atoms with Crippen LogP contribution in [0.3, 0.4) is 0 Å². The van der Waals surface area contributed by atoms with Crippen LogP contribution in [0.1, 0.15) is 44.2 Å². The molecule has 0 atom stereocenters. The number of nitrogens with zero attached hydrogens (tertiary/aromatic N) is 4. The molecule has 0 bridgehead atoms. The van der Waals surface area contributed by atoms with Gasteiger partial charge in [-0.05, 0) is 57.7 Å². The van der Waals surface area contributed by atoms with Gasteiger partial charge in [0, 0.05) is 25.3 Å². The van der Waals surface area contributed by atoms with Gasteiger partial charge in [0.05, 0.1) is 10.5 Å². The van der Waals surface area contributed by atoms with Crippen LogP contribution in [-0.4, -0.2) is 43.6 Å². The molecule has 2 aromatic heterocycles. The van der Waals surface area contributed by atoms with Gasteiger partial charge in [0.15, 0.2) is 0 Å². The Bertz CT molecular complexity index is 1080. The van der Waals surface area contributed by atoms with Crippen LogP contribution in [0.15, 0.2) is 28.0 Å². The number of fused-ring (bicyclic) bond motifs is 1. The van der Waals surface area contributed by atoms with Crippen molar-refractivity contribution in [3.63, 3.8) is 0 Å². The molecule has 0 aromatic carbocycles. The smallest absolute Gasteiger partial charge is 0.267 e. The molecule has 1 amide bonds. The van der Waals surface area contributed by atoms with E-state index in [0.29, 0.717) is 26.3 Å². The van der Waals surface area contributed by atoms with E-state index in [1.54, 1.807) is 21.6 Å². The van der Waals surface area contributed by atoms with Gasteiger partial charge in [-0.15, -0.1) is 0 Å². The molecule has 2 aliphatic rings. The molecule has 29 heavy (non-hydrogen) atoms. The molecule has 2 fully saturated rings. The SMILES string of the molecule is Cc1ccc2nc(N3CCCCC3)c(/C=C3\SC(=S)N(C(C)C)C3=O)c(=O)n2c1. The first-order valence-electron chi connectivity index (χ1n) is 9.92. The topological polar surface area (TPSA) is 57.9 Å². The molecule has 2 saturated heterocycles. The van der Waals surface area contributed by atoms with Crippen molar-refractivity contribution in [3.8, 4) is 0 Å². The molecular weight excluding hydrogens is 404 g/mol. The number of thioether (sulfide) groups is 1. The minimum absolute atomic E-state index is 0.0200. The number of aromatic nitrogens is 2. The van der Waals surface area contributed by atoms with E-state index in [0.717, 1.165) is 31.5 Å². The molecule has 0 radical (unpaired) electrons. The third kappa shape index (κ3) is 3.71. The van der Waals surface area contributed by atoms with Crippen LogP contribution in [0.4, 0.5) is 5.82 Å². The summed E-state index contributed by atoms with van der Waals surface area (Å²) in [5.74, 6) is 0.515. The number of hydrogen-bond donors (Lipinski definition) is 0. The zero-order chi connectivity index (χ0) is 20.7. The average molecular weight is 429 g/mol. The molecule has 2 aromatic rings. The molecule has 4 rings (SSSR count). The monoisotopic (exact) mass is 428 g/mol. The van der Waals surface area contributed by atoms with E-state index in [-0.39, 0.29) is 17.5 Å². The van der Waals surface area contributed by atoms with Crippen molar-refractivity contribution in [2.24, 2.45) is 0 Å². The Morgan fingerprint density at radius 3 is 2.55 bits per heavy atom. The third-order valence-corrected chi connectivity index (χ3v) is 6.59. The lowest BCUT2D eigenvalue weighted by Crippen LogP contribution is -2.35. The fourth-order valence-corrected chi connectivity index (χ4v) is 5.28. The van der Waals surface area contributed by atoms with Crippen molar-refractivity contribution in [1.82, 2.24) is 14.3 Å². The summed E-state index contributed by atoms with van der Waals surface area (Å²) in [6.45, 7) is 7.53. The molecule has 0 spiro atoms. The fraction of sp³-hybridized carbons (Fsp3) is 0.429. The van der Waals surface area contributed by atoms with Crippen molar-refractivity contribution in [1.29, 1.82) is 0 Å². The highest BCUT2D eigenvalue weighted by atomic mass is 32.2. The number of carbonyl (C=O) groups is 1. The number of aryl methyl sites for hydroxylation is 1. The Kier molecular flexibility index (Phi) is 5.48. The number of rotatable bonds is 3. The summed E-state index contributed by atoms with van der Waals surface area (Å²) in [5, 5.41) is 0. The van der Waals surface area contributed by atoms with Crippen molar-refractivity contribution in [2.75, 3.05) is 18.0 Å². The Balaban J connectivity index is 1.90. The highest BCUT2D eigenvalue weighted by Crippen LogP contribution is 2.35. The van der Waals surface area contributed by atoms with Crippen LogP contribution >= 0.6 is 24.0 Å². The quantitative estimate of drug-likeness (QED) is 0.550. The van der Waals surface area contributed by atoms with Gasteiger partial charge in [-0.25, -0.2) is 4.98 Å². The van der Waals surface area contributed by atoms with Crippen LogP contribution in [-0.2, 0) is 4.79 Å². The lowest BCUT2D eigenvalue weighted by molar-refractivity contribution is -0.123. The largest absolute Gasteiger partial charge is 0.356 e. The van der Waals surface area contributed by atoms with Crippen LogP contribution in [0, 0.1) is 6.92 Å². The standard InChI is InChI=1S/C21H24N4O2S2/c1-13(2)25-20(27)16(29-21(25)28)11-15-18(23-9-5-4-6-10-23)22-17-8-7-14(3)12-24(17)19(15)26/h7-8,11-13H,4-6,9-10H2,1-3H3/b16-11-. The lowest BCUT2D eigenvalue weighted by atomic mass is 10.1. The number of thiocarbonyl (C=S) groups is 1. The molecular formula is C21H24N4O2S2. The predicted octanol–water partition coefficient (Wildman–Crippen LogP) is 3.60. The molecule has 0 saturated carbocycles. The van der Waals surface area contributed by atoms with Gasteiger partial charge >= 0.3 is 0 Å². The molecule has 152 valence electrons. The Morgan fingerprint density at radius 1 is 1.17 bits per heavy atom. The first-order chi connectivity index (χ1) is 13.9. The van der Waals surface area contributed by atoms with Crippen molar-refractivity contribution < 1.29 is 4.79 Å². The van der Waals surface area contributed by atoms with E-state index in [4.69, 9.17) is 17.2 Å². The van der Waals surface area contributed by atoms with Gasteiger partial charge in [-0.3, -0.25) is 18.9 Å². The van der Waals surface area contributed by atoms with Gasteiger partial charge in [-0.2, -0.15) is 0 Å². The number of anilines is 1. The molecule has 0 N–H and O–H groups in total. The average Bonchev–Trinajstić information content (AvgIpc) is 2.98. The second-order valence-corrected chi connectivity index (χ2v) is 9.46. The zero-order valence-corrected chi connectivity index (χ0v) is 18.5. The zero-order valence-electron chi connectivity index (χ0n) is 16.8. The van der Waals surface area contributed by atoms with Crippen LogP contribution < -0.4 is 10.5 Å². The first kappa shape index (κ1) is 20.1. The van der Waals surface area contributed by atoms with Crippen molar-refractivity contribution in [3.05, 3.63) is 44.7 Å². The number of amides is 1. The number of carbonyl (C=O) groups excluding carboxylic acids is 1. The van der Waals surface area contributed by atoms with E-state index in [2.05, 4.69) is 4.90 Å². The van der Waals surface area contributed by atoms with Gasteiger partial charge in [-0.1, -0.05) is 30.0 Å². The predicted molar refractivity (Wildman–Crippen MR) is 122 cm³/mol. The summed E-state index contributed by atoms with van der Waals surface area (Å²) in [4.78, 5) is 35.4. The Morgan fingerprint density at radius 2 is 1.90 bits per heavy atom. The Hall–Kier alpha value is -2.19. The highest BCUT2D eigenvalue weighted by Gasteiger charge is 2.34. The number of pyridine rings is 1. The normalized spacial score (nSPS) is 19.2. The van der Waals surface area contributed by atoms with E-state index in [9.17, 15) is 9.59 Å². The van der Waals surface area contributed by atoms with Crippen molar-refractivity contribution in [2.45, 2.75) is 46.1 Å². The minimum Gasteiger partial charge on any atom is -0.356 e. The maximum Gasteiger partial charge on any atom is 0.267 e. The summed E-state index contributed by atoms with van der Waals surface area (Å²) in [6.07, 6.45) is 6.81. The number of piperidine rings is 1. The summed E-state index contributed by atoms with van der Waals surface area (Å²) in [5.41, 5.74) is 1.89. The summed E-state index contributed by atoms with van der Waals surface area (Å²) < 4.78 is 2.10. The molecule has 4 heterocycles. The van der Waals surface area contributed by atoms with Crippen LogP contribution in [0.25, 0.3) is 11.7 Å². The minimum atomic E-state index is -0.158. The maximum absolute atomic E-state index is 13.4. The summed E-state index contributed by atoms with van der Waals surface area (Å²) >= 11 is 6.64. The molecule has 8 heteroatoms. The fourth-order valence-electron chi connectivity index (χ4n) is 3.78. The van der Waals surface area contributed by atoms with Crippen molar-refractivity contribution >= 4 is 51.7 Å². The lowest BCUT2D eigenvalue weighted by Gasteiger charge is -2.29. The highest BCUT2D eigenvalue weighted by molar-refractivity contribution is 8.26. The van der Waals surface area contributed by atoms with Crippen LogP contribution in [0.2, 0.25) is 0 Å². The summed E-state index contributed by atoms with van der Waals surface area (Å²) in [6, 6.07) is 3.80. The Labute approximate surface area is 179 Å². The van der Waals surface area contributed by atoms with Gasteiger partial charge in [0.25, 0.3) is 11.5 Å². The number of hydrogen-bond acceptors (Lipinski definition) is 6. The van der Waals surface area contributed by atoms with Gasteiger partial charge in [0.1, 0.15) is 15.8 Å². The summed E-state index contributed by atoms with van der Waals surface area (Å²) in [7, 11) is 0. The maximum atomic E-state index is 13.4. The molecule has 2 aliphatic heterocycles. The molecule has 0 aliphatic carbocycles. The third-order valence-electron chi connectivity index (χ3n) is 5.26. The van der Waals surface area contributed by atoms with E-state index >= 15 is 0 Å². The van der Waals surface area contributed by atoms with Gasteiger partial charge < -0.3 is 4.90 Å². The second kappa shape index (κ2) is 7.91. The first-order valence-corrected chi connectivity index (χ1v) is 11.1. The van der Waals surface area contributed by atoms with Crippen LogP contribution in [0.5, 0.6) is 0 Å². The van der Waals surface area contributed by atoms with E-state index in [1.165, 1.54) is 18.2 Å². The van der Waals surface area contributed by atoms with Gasteiger partial charge in [0.2, 0.25) is 0 Å². The second-order valence-electron chi connectivity index (χ2n) is 7.78. The van der Waals surface area contributed by atoms with E-state index in [1.807, 2.05) is 32.9 Å². The molecule has 0 unspecified atom stereocenters. The van der Waals surface area contributed by atoms with E-state index < -0.39 is 0 Å².